The van der Waals surface area contributed by atoms with Crippen LogP contribution in [0.25, 0.3) is 11.0 Å². The average molecular weight is 285 g/mol. The average Bonchev–Trinajstić information content (AvgIpc) is 2.69. The van der Waals surface area contributed by atoms with Gasteiger partial charge in [-0.1, -0.05) is 38.4 Å². The summed E-state index contributed by atoms with van der Waals surface area (Å²) >= 11 is 12.2. The topological polar surface area (TPSA) is 17.8 Å². The highest BCUT2D eigenvalue weighted by Gasteiger charge is 2.15. The van der Waals surface area contributed by atoms with Crippen molar-refractivity contribution in [3.63, 3.8) is 0 Å². The van der Waals surface area contributed by atoms with Crippen molar-refractivity contribution in [3.8, 4) is 0 Å². The number of imidazole rings is 1. The van der Waals surface area contributed by atoms with Gasteiger partial charge in [0.05, 0.1) is 16.4 Å². The number of hydrogen-bond donors (Lipinski definition) is 0. The Hall–Kier alpha value is -0.730. The first-order valence-corrected chi connectivity index (χ1v) is 7.15. The van der Waals surface area contributed by atoms with Crippen molar-refractivity contribution < 1.29 is 0 Å². The Morgan fingerprint density at radius 1 is 1.28 bits per heavy atom. The molecule has 1 aromatic carbocycles. The third kappa shape index (κ3) is 2.50. The first-order chi connectivity index (χ1) is 8.54. The van der Waals surface area contributed by atoms with Crippen molar-refractivity contribution in [2.75, 3.05) is 0 Å². The number of rotatable bonds is 4. The van der Waals surface area contributed by atoms with Crippen molar-refractivity contribution in [2.45, 2.75) is 33.2 Å². The minimum absolute atomic E-state index is 0.413. The second kappa shape index (κ2) is 5.50. The molecule has 2 aromatic rings. The van der Waals surface area contributed by atoms with Gasteiger partial charge in [0.15, 0.2) is 0 Å². The fourth-order valence-electron chi connectivity index (χ4n) is 1.97. The minimum atomic E-state index is 0.413. The molecule has 2 nitrogen and oxygen atoms in total. The zero-order valence-electron chi connectivity index (χ0n) is 11.0. The summed E-state index contributed by atoms with van der Waals surface area (Å²) in [6, 6.07) is 5.88. The highest BCUT2D eigenvalue weighted by molar-refractivity contribution is 6.35. The summed E-state index contributed by atoms with van der Waals surface area (Å²) in [4.78, 5) is 4.54. The van der Waals surface area contributed by atoms with Crippen molar-refractivity contribution in [2.24, 2.45) is 11.8 Å². The lowest BCUT2D eigenvalue weighted by Gasteiger charge is -2.18. The second-order valence-electron chi connectivity index (χ2n) is 5.10. The van der Waals surface area contributed by atoms with Gasteiger partial charge < -0.3 is 4.57 Å². The van der Waals surface area contributed by atoms with Crippen LogP contribution in [-0.4, -0.2) is 9.55 Å². The lowest BCUT2D eigenvalue weighted by atomic mass is 9.98. The van der Waals surface area contributed by atoms with Gasteiger partial charge >= 0.3 is 0 Å². The molecule has 98 valence electrons. The Labute approximate surface area is 118 Å². The molecule has 0 radical (unpaired) electrons. The van der Waals surface area contributed by atoms with Crippen LogP contribution >= 0.6 is 23.2 Å². The quantitative estimate of drug-likeness (QED) is 0.743. The highest BCUT2D eigenvalue weighted by atomic mass is 35.5. The molecule has 1 atom stereocenters. The van der Waals surface area contributed by atoms with Gasteiger partial charge in [-0.3, -0.25) is 0 Å². The molecule has 1 heterocycles. The van der Waals surface area contributed by atoms with Crippen LogP contribution in [0.4, 0.5) is 0 Å². The third-order valence-corrected chi connectivity index (χ3v) is 4.08. The van der Waals surface area contributed by atoms with Crippen LogP contribution in [-0.2, 0) is 12.4 Å². The van der Waals surface area contributed by atoms with Gasteiger partial charge in [-0.25, -0.2) is 4.98 Å². The molecular formula is C14H18Cl2N2. The number of halogens is 2. The van der Waals surface area contributed by atoms with Gasteiger partial charge in [-0.05, 0) is 24.0 Å². The third-order valence-electron chi connectivity index (χ3n) is 3.54. The first kappa shape index (κ1) is 13.7. The van der Waals surface area contributed by atoms with E-state index in [1.54, 1.807) is 0 Å². The van der Waals surface area contributed by atoms with Gasteiger partial charge in [-0.15, -0.1) is 11.6 Å². The molecule has 0 saturated carbocycles. The summed E-state index contributed by atoms with van der Waals surface area (Å²) in [5.41, 5.74) is 1.93. The lowest BCUT2D eigenvalue weighted by Crippen LogP contribution is -2.14. The standard InChI is InChI=1S/C14H18Cl2N2/c1-9(2)10(3)8-18-12-6-4-5-11(16)14(12)17-13(18)7-15/h4-6,9-10H,7-8H2,1-3H3. The molecule has 0 N–H and O–H groups in total. The Bertz CT molecular complexity index is 546. The zero-order chi connectivity index (χ0) is 13.3. The van der Waals surface area contributed by atoms with Crippen LogP contribution in [0.15, 0.2) is 18.2 Å². The van der Waals surface area contributed by atoms with E-state index in [9.17, 15) is 0 Å². The monoisotopic (exact) mass is 284 g/mol. The van der Waals surface area contributed by atoms with E-state index in [1.807, 2.05) is 12.1 Å². The van der Waals surface area contributed by atoms with Crippen LogP contribution in [0, 0.1) is 11.8 Å². The van der Waals surface area contributed by atoms with E-state index in [0.29, 0.717) is 22.7 Å². The van der Waals surface area contributed by atoms with Gasteiger partial charge in [-0.2, -0.15) is 0 Å². The molecular weight excluding hydrogens is 267 g/mol. The number of fused-ring (bicyclic) bond motifs is 1. The number of alkyl halides is 1. The summed E-state index contributed by atoms with van der Waals surface area (Å²) in [7, 11) is 0. The molecule has 1 unspecified atom stereocenters. The summed E-state index contributed by atoms with van der Waals surface area (Å²) in [5.74, 6) is 2.51. The first-order valence-electron chi connectivity index (χ1n) is 6.24. The van der Waals surface area contributed by atoms with Crippen LogP contribution in [0.3, 0.4) is 0 Å². The number of para-hydroxylation sites is 1. The number of nitrogens with zero attached hydrogens (tertiary/aromatic N) is 2. The molecule has 0 spiro atoms. The number of benzene rings is 1. The molecule has 0 amide bonds. The van der Waals surface area contributed by atoms with Crippen LogP contribution < -0.4 is 0 Å². The Morgan fingerprint density at radius 2 is 2.00 bits per heavy atom. The lowest BCUT2D eigenvalue weighted by molar-refractivity contribution is 0.365. The Balaban J connectivity index is 2.50. The van der Waals surface area contributed by atoms with Gasteiger partial charge in [0.1, 0.15) is 11.3 Å². The summed E-state index contributed by atoms with van der Waals surface area (Å²) in [6.45, 7) is 7.64. The van der Waals surface area contributed by atoms with Crippen LogP contribution in [0.5, 0.6) is 0 Å². The largest absolute Gasteiger partial charge is 0.327 e. The SMILES string of the molecule is CC(C)C(C)Cn1c(CCl)nc2c(Cl)cccc21. The molecule has 0 fully saturated rings. The van der Waals surface area contributed by atoms with Gasteiger partial charge in [0.25, 0.3) is 0 Å². The zero-order valence-corrected chi connectivity index (χ0v) is 12.5. The molecule has 0 saturated heterocycles. The second-order valence-corrected chi connectivity index (χ2v) is 5.78. The molecule has 0 bridgehead atoms. The van der Waals surface area contributed by atoms with E-state index >= 15 is 0 Å². The van der Waals surface area contributed by atoms with Crippen molar-refractivity contribution in [1.29, 1.82) is 0 Å². The molecule has 2 rings (SSSR count). The minimum Gasteiger partial charge on any atom is -0.327 e. The maximum atomic E-state index is 6.18. The normalized spacial score (nSPS) is 13.4. The Kier molecular flexibility index (Phi) is 4.18. The van der Waals surface area contributed by atoms with Crippen molar-refractivity contribution in [1.82, 2.24) is 9.55 Å². The predicted octanol–water partition coefficient (Wildman–Crippen LogP) is 4.72. The fraction of sp³-hybridized carbons (Fsp3) is 0.500. The fourth-order valence-corrected chi connectivity index (χ4v) is 2.38. The highest BCUT2D eigenvalue weighted by Crippen LogP contribution is 2.26. The van der Waals surface area contributed by atoms with Crippen LogP contribution in [0.1, 0.15) is 26.6 Å². The smallest absolute Gasteiger partial charge is 0.124 e. The number of hydrogen-bond acceptors (Lipinski definition) is 1. The van der Waals surface area contributed by atoms with Gasteiger partial charge in [0, 0.05) is 6.54 Å². The molecule has 18 heavy (non-hydrogen) atoms. The van der Waals surface area contributed by atoms with E-state index < -0.39 is 0 Å². The summed E-state index contributed by atoms with van der Waals surface area (Å²) in [5, 5.41) is 0.690. The van der Waals surface area contributed by atoms with E-state index in [-0.39, 0.29) is 0 Å². The van der Waals surface area contributed by atoms with Crippen molar-refractivity contribution >= 4 is 34.2 Å². The molecule has 0 aliphatic rings. The van der Waals surface area contributed by atoms with Crippen molar-refractivity contribution in [3.05, 3.63) is 29.0 Å². The van der Waals surface area contributed by atoms with E-state index in [1.165, 1.54) is 0 Å². The predicted molar refractivity (Wildman–Crippen MR) is 78.3 cm³/mol. The summed E-state index contributed by atoms with van der Waals surface area (Å²) in [6.07, 6.45) is 0. The maximum Gasteiger partial charge on any atom is 0.124 e. The van der Waals surface area contributed by atoms with Gasteiger partial charge in [0.2, 0.25) is 0 Å². The van der Waals surface area contributed by atoms with E-state index in [4.69, 9.17) is 23.2 Å². The molecule has 4 heteroatoms. The summed E-state index contributed by atoms with van der Waals surface area (Å²) < 4.78 is 2.19. The molecule has 0 aliphatic heterocycles. The molecule has 0 aliphatic carbocycles. The Morgan fingerprint density at radius 3 is 2.61 bits per heavy atom. The molecule has 1 aromatic heterocycles. The maximum absolute atomic E-state index is 6.18. The number of aromatic nitrogens is 2. The van der Waals surface area contributed by atoms with E-state index in [0.717, 1.165) is 23.4 Å². The van der Waals surface area contributed by atoms with Crippen LogP contribution in [0.2, 0.25) is 5.02 Å². The van der Waals surface area contributed by atoms with E-state index in [2.05, 4.69) is 36.4 Å².